The van der Waals surface area contributed by atoms with Gasteiger partial charge in [-0.1, -0.05) is 48.5 Å². The average molecular weight is 488 g/mol. The highest BCUT2D eigenvalue weighted by molar-refractivity contribution is 6.07. The molecule has 37 heavy (non-hydrogen) atoms. The summed E-state index contributed by atoms with van der Waals surface area (Å²) < 4.78 is 10.8. The lowest BCUT2D eigenvalue weighted by Crippen LogP contribution is -2.00. The molecule has 0 bridgehead atoms. The minimum Gasteiger partial charge on any atom is -0.493 e. The normalized spacial score (nSPS) is 11.0. The Kier molecular flexibility index (Phi) is 6.90. The number of anilines is 2. The van der Waals surface area contributed by atoms with E-state index in [0.717, 1.165) is 27.7 Å². The molecule has 0 saturated carbocycles. The number of para-hydroxylation sites is 1. The third-order valence-electron chi connectivity index (χ3n) is 5.90. The molecule has 0 unspecified atom stereocenters. The van der Waals surface area contributed by atoms with Gasteiger partial charge in [-0.3, -0.25) is 4.79 Å². The Morgan fingerprint density at radius 3 is 2.27 bits per heavy atom. The molecule has 0 aliphatic heterocycles. The molecule has 5 aromatic rings. The number of carbonyl (C=O) groups is 1. The molecule has 182 valence electrons. The first kappa shape index (κ1) is 23.8. The Morgan fingerprint density at radius 1 is 0.784 bits per heavy atom. The van der Waals surface area contributed by atoms with Gasteiger partial charge in [0, 0.05) is 22.2 Å². The second-order valence-electron chi connectivity index (χ2n) is 8.29. The molecule has 1 N–H and O–H groups in total. The highest BCUT2D eigenvalue weighted by atomic mass is 16.5. The molecular weight excluding hydrogens is 462 g/mol. The fraction of sp³-hybridized carbons (Fsp3) is 0.0645. The maximum atomic E-state index is 12.6. The minimum absolute atomic E-state index is 0.0568. The van der Waals surface area contributed by atoms with Crippen LogP contribution in [0.25, 0.3) is 28.4 Å². The number of ketones is 1. The van der Waals surface area contributed by atoms with E-state index in [1.165, 1.54) is 0 Å². The van der Waals surface area contributed by atoms with Crippen LogP contribution in [0, 0.1) is 0 Å². The van der Waals surface area contributed by atoms with Crippen LogP contribution in [0.3, 0.4) is 0 Å². The van der Waals surface area contributed by atoms with Gasteiger partial charge in [0.05, 0.1) is 19.7 Å². The van der Waals surface area contributed by atoms with Crippen molar-refractivity contribution in [3.8, 4) is 22.9 Å². The molecule has 0 aliphatic carbocycles. The number of benzene rings is 4. The van der Waals surface area contributed by atoms with Gasteiger partial charge in [-0.25, -0.2) is 9.97 Å². The molecular formula is C31H25N3O3. The van der Waals surface area contributed by atoms with E-state index in [2.05, 4.69) is 5.32 Å². The monoisotopic (exact) mass is 487 g/mol. The highest BCUT2D eigenvalue weighted by Gasteiger charge is 2.13. The summed E-state index contributed by atoms with van der Waals surface area (Å²) in [6.45, 7) is 0. The van der Waals surface area contributed by atoms with Crippen LogP contribution < -0.4 is 14.8 Å². The number of rotatable bonds is 8. The second kappa shape index (κ2) is 10.7. The molecule has 0 amide bonds. The first-order chi connectivity index (χ1) is 18.1. The largest absolute Gasteiger partial charge is 0.493 e. The number of fused-ring (bicyclic) bond motifs is 1. The summed E-state index contributed by atoms with van der Waals surface area (Å²) in [5.74, 6) is 2.41. The number of allylic oxidation sites excluding steroid dienone is 1. The number of nitrogens with zero attached hydrogens (tertiary/aromatic N) is 2. The van der Waals surface area contributed by atoms with E-state index in [0.29, 0.717) is 28.7 Å². The standard InChI is InChI=1S/C31H25N3O3/c1-36-28-19-15-23(20-29(28)37-2)30-33-26-11-7-6-10-25(26)31(34-30)32-24-16-13-22(14-17-24)27(35)18-12-21-8-4-3-5-9-21/h3-20H,1-2H3,(H,32,33,34)/b18-12+. The van der Waals surface area contributed by atoms with Crippen molar-refractivity contribution < 1.29 is 14.3 Å². The van der Waals surface area contributed by atoms with Crippen LogP contribution in [0.15, 0.2) is 103 Å². The molecule has 6 nitrogen and oxygen atoms in total. The van der Waals surface area contributed by atoms with E-state index >= 15 is 0 Å². The summed E-state index contributed by atoms with van der Waals surface area (Å²) in [5.41, 5.74) is 4.01. The van der Waals surface area contributed by atoms with Gasteiger partial charge in [0.2, 0.25) is 0 Å². The van der Waals surface area contributed by atoms with E-state index in [4.69, 9.17) is 19.4 Å². The van der Waals surface area contributed by atoms with E-state index in [1.807, 2.05) is 91.0 Å². The van der Waals surface area contributed by atoms with E-state index in [1.54, 1.807) is 32.4 Å². The van der Waals surface area contributed by atoms with Crippen molar-refractivity contribution in [3.63, 3.8) is 0 Å². The Hall–Kier alpha value is -4.97. The smallest absolute Gasteiger partial charge is 0.185 e. The van der Waals surface area contributed by atoms with Crippen molar-refractivity contribution in [2.75, 3.05) is 19.5 Å². The average Bonchev–Trinajstić information content (AvgIpc) is 2.96. The molecule has 0 aliphatic rings. The van der Waals surface area contributed by atoms with Gasteiger partial charge in [0.25, 0.3) is 0 Å². The van der Waals surface area contributed by atoms with Crippen molar-refractivity contribution >= 4 is 34.3 Å². The van der Waals surface area contributed by atoms with Crippen molar-refractivity contribution in [3.05, 3.63) is 114 Å². The molecule has 0 atom stereocenters. The van der Waals surface area contributed by atoms with Gasteiger partial charge in [-0.15, -0.1) is 0 Å². The lowest BCUT2D eigenvalue weighted by Gasteiger charge is -2.13. The van der Waals surface area contributed by atoms with Crippen LogP contribution in [-0.2, 0) is 0 Å². The second-order valence-corrected chi connectivity index (χ2v) is 8.29. The summed E-state index contributed by atoms with van der Waals surface area (Å²) in [5, 5.41) is 4.28. The maximum absolute atomic E-state index is 12.6. The molecule has 0 radical (unpaired) electrons. The van der Waals surface area contributed by atoms with Gasteiger partial charge in [0.15, 0.2) is 23.1 Å². The van der Waals surface area contributed by atoms with E-state index in [9.17, 15) is 4.79 Å². The van der Waals surface area contributed by atoms with Crippen molar-refractivity contribution in [1.82, 2.24) is 9.97 Å². The number of carbonyl (C=O) groups excluding carboxylic acids is 1. The van der Waals surface area contributed by atoms with Gasteiger partial charge in [-0.2, -0.15) is 0 Å². The Labute approximate surface area is 215 Å². The molecule has 6 heteroatoms. The van der Waals surface area contributed by atoms with Crippen molar-refractivity contribution in [2.24, 2.45) is 0 Å². The van der Waals surface area contributed by atoms with Crippen molar-refractivity contribution in [1.29, 1.82) is 0 Å². The first-order valence-corrected chi connectivity index (χ1v) is 11.8. The van der Waals surface area contributed by atoms with Gasteiger partial charge >= 0.3 is 0 Å². The minimum atomic E-state index is -0.0568. The molecule has 4 aromatic carbocycles. The quantitative estimate of drug-likeness (QED) is 0.189. The van der Waals surface area contributed by atoms with Crippen LogP contribution in [0.5, 0.6) is 11.5 Å². The summed E-state index contributed by atoms with van der Waals surface area (Å²) in [6, 6.07) is 30.5. The predicted octanol–water partition coefficient (Wildman–Crippen LogP) is 6.95. The lowest BCUT2D eigenvalue weighted by molar-refractivity contribution is 0.104. The Balaban J connectivity index is 1.43. The first-order valence-electron chi connectivity index (χ1n) is 11.8. The number of nitrogens with one attached hydrogen (secondary N) is 1. The zero-order chi connectivity index (χ0) is 25.6. The zero-order valence-electron chi connectivity index (χ0n) is 20.5. The summed E-state index contributed by atoms with van der Waals surface area (Å²) >= 11 is 0. The molecule has 0 spiro atoms. The SMILES string of the molecule is COc1ccc(-c2nc(Nc3ccc(C(=O)/C=C/c4ccccc4)cc3)c3ccccc3n2)cc1OC. The number of hydrogen-bond donors (Lipinski definition) is 1. The molecule has 1 heterocycles. The van der Waals surface area contributed by atoms with Crippen LogP contribution in [0.2, 0.25) is 0 Å². The summed E-state index contributed by atoms with van der Waals surface area (Å²) in [4.78, 5) is 22.2. The highest BCUT2D eigenvalue weighted by Crippen LogP contribution is 2.33. The van der Waals surface area contributed by atoms with E-state index in [-0.39, 0.29) is 5.78 Å². The summed E-state index contributed by atoms with van der Waals surface area (Å²) in [6.07, 6.45) is 3.41. The lowest BCUT2D eigenvalue weighted by atomic mass is 10.1. The number of aromatic nitrogens is 2. The van der Waals surface area contributed by atoms with Crippen molar-refractivity contribution in [2.45, 2.75) is 0 Å². The van der Waals surface area contributed by atoms with Crippen LogP contribution >= 0.6 is 0 Å². The topological polar surface area (TPSA) is 73.3 Å². The molecule has 1 aromatic heterocycles. The Bertz CT molecular complexity index is 1580. The molecule has 0 saturated heterocycles. The number of hydrogen-bond acceptors (Lipinski definition) is 6. The number of methoxy groups -OCH3 is 2. The zero-order valence-corrected chi connectivity index (χ0v) is 20.5. The maximum Gasteiger partial charge on any atom is 0.185 e. The van der Waals surface area contributed by atoms with Crippen LogP contribution in [0.1, 0.15) is 15.9 Å². The molecule has 0 fully saturated rings. The number of ether oxygens (including phenoxy) is 2. The van der Waals surface area contributed by atoms with Crippen LogP contribution in [-0.4, -0.2) is 30.0 Å². The third kappa shape index (κ3) is 5.33. The fourth-order valence-electron chi connectivity index (χ4n) is 3.96. The van der Waals surface area contributed by atoms with Gasteiger partial charge in [-0.05, 0) is 66.2 Å². The van der Waals surface area contributed by atoms with Gasteiger partial charge in [0.1, 0.15) is 5.82 Å². The van der Waals surface area contributed by atoms with Gasteiger partial charge < -0.3 is 14.8 Å². The fourth-order valence-corrected chi connectivity index (χ4v) is 3.96. The van der Waals surface area contributed by atoms with E-state index < -0.39 is 0 Å². The Morgan fingerprint density at radius 2 is 1.51 bits per heavy atom. The molecule has 5 rings (SSSR count). The predicted molar refractivity (Wildman–Crippen MR) is 148 cm³/mol. The third-order valence-corrected chi connectivity index (χ3v) is 5.90. The summed E-state index contributed by atoms with van der Waals surface area (Å²) in [7, 11) is 3.20. The van der Waals surface area contributed by atoms with Crippen LogP contribution in [0.4, 0.5) is 11.5 Å².